The van der Waals surface area contributed by atoms with E-state index < -0.39 is 6.36 Å². The first-order chi connectivity index (χ1) is 18.3. The predicted molar refractivity (Wildman–Crippen MR) is 146 cm³/mol. The van der Waals surface area contributed by atoms with Crippen molar-refractivity contribution in [3.8, 4) is 11.4 Å². The van der Waals surface area contributed by atoms with Crippen LogP contribution in [0.4, 0.5) is 19.0 Å². The number of anilines is 1. The number of nitrogens with one attached hydrogen (secondary N) is 2. The van der Waals surface area contributed by atoms with Gasteiger partial charge in [0.15, 0.2) is 5.11 Å². The van der Waals surface area contributed by atoms with Gasteiger partial charge in [0.1, 0.15) is 17.9 Å². The minimum atomic E-state index is -4.73. The lowest BCUT2D eigenvalue weighted by Crippen LogP contribution is -2.25. The highest BCUT2D eigenvalue weighted by atomic mass is 32.1. The summed E-state index contributed by atoms with van der Waals surface area (Å²) in [6, 6.07) is 19.2. The standard InChI is InChI=1S/C27H21F3N6OS/c1-2-18-4-3-13-31-25(18)34-26(38)35-33-15-17-5-11-22-19(14-17)6-12-23-24(22)32-16-36(23)20-7-9-21(10-8-20)37-27(28,29)30/h3-16H,2H2,1H3,(H2,31,34,35,38). The number of imidazole rings is 1. The zero-order valence-electron chi connectivity index (χ0n) is 20.0. The Bertz CT molecular complexity index is 1650. The maximum Gasteiger partial charge on any atom is 0.573 e. The third-order valence-corrected chi connectivity index (χ3v) is 5.98. The number of aromatic nitrogens is 3. The van der Waals surface area contributed by atoms with Gasteiger partial charge in [-0.05, 0) is 77.6 Å². The average molecular weight is 535 g/mol. The minimum Gasteiger partial charge on any atom is -0.406 e. The van der Waals surface area contributed by atoms with Crippen molar-refractivity contribution in [2.24, 2.45) is 5.10 Å². The smallest absolute Gasteiger partial charge is 0.406 e. The molecule has 0 bridgehead atoms. The highest BCUT2D eigenvalue weighted by Gasteiger charge is 2.31. The number of fused-ring (bicyclic) bond motifs is 3. The number of aryl methyl sites for hydroxylation is 1. The van der Waals surface area contributed by atoms with Crippen LogP contribution in [0.3, 0.4) is 0 Å². The fraction of sp³-hybridized carbons (Fsp3) is 0.111. The second kappa shape index (κ2) is 10.5. The van der Waals surface area contributed by atoms with Gasteiger partial charge in [0.05, 0.1) is 17.2 Å². The maximum atomic E-state index is 12.5. The fourth-order valence-corrected chi connectivity index (χ4v) is 4.21. The van der Waals surface area contributed by atoms with Crippen molar-refractivity contribution in [3.63, 3.8) is 0 Å². The van der Waals surface area contributed by atoms with Crippen LogP contribution < -0.4 is 15.5 Å². The molecule has 5 aromatic rings. The minimum absolute atomic E-state index is 0.279. The summed E-state index contributed by atoms with van der Waals surface area (Å²) in [4.78, 5) is 8.86. The molecule has 7 nitrogen and oxygen atoms in total. The van der Waals surface area contributed by atoms with Crippen LogP contribution in [0.25, 0.3) is 27.5 Å². The molecule has 0 saturated carbocycles. The molecule has 0 radical (unpaired) electrons. The molecule has 0 aliphatic rings. The number of halogens is 3. The number of pyridine rings is 1. The molecule has 3 aromatic carbocycles. The van der Waals surface area contributed by atoms with Gasteiger partial charge in [-0.25, -0.2) is 9.97 Å². The van der Waals surface area contributed by atoms with Crippen molar-refractivity contribution in [1.82, 2.24) is 20.0 Å². The summed E-state index contributed by atoms with van der Waals surface area (Å²) in [6.45, 7) is 2.04. The van der Waals surface area contributed by atoms with Gasteiger partial charge in [0.2, 0.25) is 0 Å². The lowest BCUT2D eigenvalue weighted by Gasteiger charge is -2.10. The van der Waals surface area contributed by atoms with Crippen LogP contribution in [0.15, 0.2) is 84.4 Å². The van der Waals surface area contributed by atoms with Crippen molar-refractivity contribution >= 4 is 51.2 Å². The molecule has 0 fully saturated rings. The topological polar surface area (TPSA) is 76.4 Å². The molecule has 2 heterocycles. The fourth-order valence-electron chi connectivity index (χ4n) is 4.06. The first-order valence-corrected chi connectivity index (χ1v) is 12.0. The number of hydrazone groups is 1. The van der Waals surface area contributed by atoms with Gasteiger partial charge in [0.25, 0.3) is 0 Å². The Morgan fingerprint density at radius 3 is 2.66 bits per heavy atom. The molecule has 38 heavy (non-hydrogen) atoms. The molecule has 2 N–H and O–H groups in total. The van der Waals surface area contributed by atoms with Gasteiger partial charge >= 0.3 is 6.36 Å². The molecule has 5 rings (SSSR count). The average Bonchev–Trinajstić information content (AvgIpc) is 3.33. The van der Waals surface area contributed by atoms with Crippen molar-refractivity contribution in [1.29, 1.82) is 0 Å². The quantitative estimate of drug-likeness (QED) is 0.150. The Hall–Kier alpha value is -4.51. The van der Waals surface area contributed by atoms with Gasteiger partial charge in [-0.3, -0.25) is 9.99 Å². The summed E-state index contributed by atoms with van der Waals surface area (Å²) in [5.74, 6) is 0.418. The lowest BCUT2D eigenvalue weighted by molar-refractivity contribution is -0.274. The summed E-state index contributed by atoms with van der Waals surface area (Å²) in [5, 5.41) is 9.51. The molecule has 0 spiro atoms. The zero-order valence-corrected chi connectivity index (χ0v) is 20.8. The van der Waals surface area contributed by atoms with Crippen molar-refractivity contribution in [2.45, 2.75) is 19.7 Å². The number of thiocarbonyl (C=S) groups is 1. The van der Waals surface area contributed by atoms with Crippen LogP contribution in [-0.2, 0) is 6.42 Å². The molecular formula is C27H21F3N6OS. The zero-order chi connectivity index (χ0) is 26.7. The second-order valence-electron chi connectivity index (χ2n) is 8.26. The number of rotatable bonds is 6. The lowest BCUT2D eigenvalue weighted by atomic mass is 10.1. The van der Waals surface area contributed by atoms with Gasteiger partial charge in [0, 0.05) is 17.3 Å². The first kappa shape index (κ1) is 25.2. The molecule has 0 unspecified atom stereocenters. The van der Waals surface area contributed by atoms with Gasteiger partial charge in [-0.1, -0.05) is 31.2 Å². The van der Waals surface area contributed by atoms with Crippen LogP contribution in [0, 0.1) is 0 Å². The molecule has 2 aromatic heterocycles. The largest absolute Gasteiger partial charge is 0.573 e. The molecule has 11 heteroatoms. The van der Waals surface area contributed by atoms with Crippen LogP contribution >= 0.6 is 12.2 Å². The summed E-state index contributed by atoms with van der Waals surface area (Å²) in [5.41, 5.74) is 6.98. The van der Waals surface area contributed by atoms with E-state index in [1.165, 1.54) is 12.1 Å². The van der Waals surface area contributed by atoms with E-state index >= 15 is 0 Å². The van der Waals surface area contributed by atoms with Gasteiger partial charge in [-0.15, -0.1) is 13.2 Å². The number of alkyl halides is 3. The van der Waals surface area contributed by atoms with E-state index in [2.05, 4.69) is 30.5 Å². The van der Waals surface area contributed by atoms with Gasteiger partial charge in [-0.2, -0.15) is 5.10 Å². The van der Waals surface area contributed by atoms with E-state index in [0.29, 0.717) is 16.6 Å². The van der Waals surface area contributed by atoms with E-state index in [1.54, 1.807) is 30.9 Å². The van der Waals surface area contributed by atoms with E-state index in [-0.39, 0.29) is 5.75 Å². The predicted octanol–water partition coefficient (Wildman–Crippen LogP) is 6.36. The van der Waals surface area contributed by atoms with Crippen LogP contribution in [0.5, 0.6) is 5.75 Å². The summed E-state index contributed by atoms with van der Waals surface area (Å²) >= 11 is 5.32. The molecule has 0 aliphatic heterocycles. The molecule has 0 amide bonds. The first-order valence-electron chi connectivity index (χ1n) is 11.6. The van der Waals surface area contributed by atoms with Crippen molar-refractivity contribution in [2.75, 3.05) is 5.32 Å². The monoisotopic (exact) mass is 534 g/mol. The van der Waals surface area contributed by atoms with E-state index in [0.717, 1.165) is 39.4 Å². The Labute approximate surface area is 221 Å². The van der Waals surface area contributed by atoms with Gasteiger partial charge < -0.3 is 10.1 Å². The van der Waals surface area contributed by atoms with E-state index in [1.807, 2.05) is 54.0 Å². The Morgan fingerprint density at radius 2 is 1.89 bits per heavy atom. The highest BCUT2D eigenvalue weighted by molar-refractivity contribution is 7.80. The second-order valence-corrected chi connectivity index (χ2v) is 8.67. The molecule has 0 atom stereocenters. The molecule has 0 aliphatic carbocycles. The Balaban J connectivity index is 1.31. The van der Waals surface area contributed by atoms with Crippen molar-refractivity contribution < 1.29 is 17.9 Å². The number of hydrogen-bond donors (Lipinski definition) is 2. The molecular weight excluding hydrogens is 513 g/mol. The maximum absolute atomic E-state index is 12.5. The highest BCUT2D eigenvalue weighted by Crippen LogP contribution is 2.28. The summed E-state index contributed by atoms with van der Waals surface area (Å²) in [7, 11) is 0. The molecule has 192 valence electrons. The van der Waals surface area contributed by atoms with Crippen molar-refractivity contribution in [3.05, 3.63) is 90.4 Å². The van der Waals surface area contributed by atoms with E-state index in [4.69, 9.17) is 12.2 Å². The van der Waals surface area contributed by atoms with E-state index in [9.17, 15) is 13.2 Å². The summed E-state index contributed by atoms with van der Waals surface area (Å²) < 4.78 is 43.1. The Kier molecular flexibility index (Phi) is 6.93. The number of benzene rings is 3. The van der Waals surface area contributed by atoms with Crippen LogP contribution in [0.1, 0.15) is 18.1 Å². The third-order valence-electron chi connectivity index (χ3n) is 5.79. The normalized spacial score (nSPS) is 11.8. The number of nitrogens with zero attached hydrogens (tertiary/aromatic N) is 4. The number of hydrogen-bond acceptors (Lipinski definition) is 5. The molecule has 0 saturated heterocycles. The summed E-state index contributed by atoms with van der Waals surface area (Å²) in [6.07, 6.45) is 1.10. The SMILES string of the molecule is CCc1cccnc1NC(=S)NN=Cc1ccc2c(ccc3c2ncn3-c2ccc(OC(F)(F)F)cc2)c1. The third kappa shape index (κ3) is 5.57. The van der Waals surface area contributed by atoms with Crippen LogP contribution in [-0.4, -0.2) is 32.2 Å². The van der Waals surface area contributed by atoms with Crippen LogP contribution in [0.2, 0.25) is 0 Å². The number of ether oxygens (including phenoxy) is 1. The Morgan fingerprint density at radius 1 is 1.08 bits per heavy atom.